The van der Waals surface area contributed by atoms with Gasteiger partial charge in [0.25, 0.3) is 0 Å². The van der Waals surface area contributed by atoms with Gasteiger partial charge in [0.15, 0.2) is 0 Å². The Balaban J connectivity index is 0.00000123. The lowest BCUT2D eigenvalue weighted by Crippen LogP contribution is -1.87. The molecule has 0 fully saturated rings. The highest BCUT2D eigenvalue weighted by atomic mass is 14.8. The Morgan fingerprint density at radius 3 is 0.727 bits per heavy atom. The first-order valence-corrected chi connectivity index (χ1v) is 15.2. The first-order valence-electron chi connectivity index (χ1n) is 15.2. The van der Waals surface area contributed by atoms with E-state index >= 15 is 0 Å². The van der Waals surface area contributed by atoms with Crippen molar-refractivity contribution >= 4 is 0 Å². The highest BCUT2D eigenvalue weighted by molar-refractivity contribution is 5.14. The van der Waals surface area contributed by atoms with Gasteiger partial charge in [0.2, 0.25) is 0 Å². The maximum Gasteiger partial charge on any atom is 0.000442 e. The number of allylic oxidation sites excluding steroid dienone is 4. The van der Waals surface area contributed by atoms with Crippen molar-refractivity contribution in [3.8, 4) is 0 Å². The predicted octanol–water partition coefficient (Wildman–Crippen LogP) is 11.6. The van der Waals surface area contributed by atoms with Crippen LogP contribution in [0.4, 0.5) is 0 Å². The zero-order valence-corrected chi connectivity index (χ0v) is 22.9. The molecule has 1 heterocycles. The Morgan fingerprint density at radius 2 is 0.515 bits per heavy atom. The highest BCUT2D eigenvalue weighted by Crippen LogP contribution is 2.15. The lowest BCUT2D eigenvalue weighted by atomic mass is 10.0. The summed E-state index contributed by atoms with van der Waals surface area (Å²) in [5.41, 5.74) is 0. The molecule has 0 bridgehead atoms. The summed E-state index contributed by atoms with van der Waals surface area (Å²) < 4.78 is 0. The highest BCUT2D eigenvalue weighted by Gasteiger charge is 1.95. The Labute approximate surface area is 210 Å². The van der Waals surface area contributed by atoms with Crippen molar-refractivity contribution in [3.05, 3.63) is 36.7 Å². The zero-order chi connectivity index (χ0) is 23.9. The molecule has 0 amide bonds. The van der Waals surface area contributed by atoms with E-state index in [4.69, 9.17) is 0 Å². The molecule has 0 aromatic carbocycles. The predicted molar refractivity (Wildman–Crippen MR) is 153 cm³/mol. The van der Waals surface area contributed by atoms with Crippen LogP contribution in [0.5, 0.6) is 0 Å². The van der Waals surface area contributed by atoms with Gasteiger partial charge in [0.05, 0.1) is 0 Å². The smallest absolute Gasteiger partial charge is 0.000442 e. The van der Waals surface area contributed by atoms with Gasteiger partial charge in [-0.25, -0.2) is 0 Å². The molecule has 0 aliphatic carbocycles. The molecule has 1 N–H and O–H groups in total. The molecule has 0 saturated carbocycles. The average Bonchev–Trinajstić information content (AvgIpc) is 3.16. The SMILES string of the molecule is C1=CC=CNC=C1.CCCCCCCCCCCCCCCCCCCCCCCCCC. The summed E-state index contributed by atoms with van der Waals surface area (Å²) in [5, 5.41) is 2.92. The van der Waals surface area contributed by atoms with E-state index in [1.54, 1.807) is 0 Å². The number of hydrogen-bond donors (Lipinski definition) is 1. The molecule has 0 spiro atoms. The second kappa shape index (κ2) is 31.0. The second-order valence-electron chi connectivity index (χ2n) is 10.0. The van der Waals surface area contributed by atoms with Crippen LogP contribution in [0.3, 0.4) is 0 Å². The van der Waals surface area contributed by atoms with Gasteiger partial charge in [-0.15, -0.1) is 0 Å². The molecule has 0 radical (unpaired) electrons. The third-order valence-corrected chi connectivity index (χ3v) is 6.68. The Bertz CT molecular complexity index is 382. The fourth-order valence-corrected chi connectivity index (χ4v) is 4.44. The quantitative estimate of drug-likeness (QED) is 0.150. The van der Waals surface area contributed by atoms with Crippen molar-refractivity contribution in [1.82, 2.24) is 5.32 Å². The van der Waals surface area contributed by atoms with Crippen LogP contribution in [0.2, 0.25) is 0 Å². The molecule has 0 unspecified atom stereocenters. The molecule has 33 heavy (non-hydrogen) atoms. The summed E-state index contributed by atoms with van der Waals surface area (Å²) in [6.45, 7) is 4.61. The first-order chi connectivity index (χ1) is 16.4. The van der Waals surface area contributed by atoms with Gasteiger partial charge < -0.3 is 5.32 Å². The topological polar surface area (TPSA) is 12.0 Å². The summed E-state index contributed by atoms with van der Waals surface area (Å²) >= 11 is 0. The van der Waals surface area contributed by atoms with Crippen LogP contribution in [0, 0.1) is 0 Å². The van der Waals surface area contributed by atoms with E-state index < -0.39 is 0 Å². The van der Waals surface area contributed by atoms with Crippen molar-refractivity contribution in [2.24, 2.45) is 0 Å². The van der Waals surface area contributed by atoms with Crippen LogP contribution in [-0.4, -0.2) is 0 Å². The minimum atomic E-state index is 1.37. The van der Waals surface area contributed by atoms with Crippen LogP contribution in [0.1, 0.15) is 168 Å². The van der Waals surface area contributed by atoms with Crippen LogP contribution in [0.15, 0.2) is 36.7 Å². The van der Waals surface area contributed by atoms with E-state index in [9.17, 15) is 0 Å². The van der Waals surface area contributed by atoms with Gasteiger partial charge in [-0.1, -0.05) is 180 Å². The van der Waals surface area contributed by atoms with Gasteiger partial charge in [0, 0.05) is 12.4 Å². The maximum atomic E-state index is 2.92. The van der Waals surface area contributed by atoms with E-state index in [1.165, 1.54) is 154 Å². The monoisotopic (exact) mass is 459 g/mol. The Kier molecular flexibility index (Phi) is 30.1. The molecule has 194 valence electrons. The number of unbranched alkanes of at least 4 members (excludes halogenated alkanes) is 23. The summed E-state index contributed by atoms with van der Waals surface area (Å²) in [6.07, 6.45) is 47.0. The molecule has 0 atom stereocenters. The Hall–Kier alpha value is -0.980. The third kappa shape index (κ3) is 31.0. The molecule has 1 aliphatic heterocycles. The van der Waals surface area contributed by atoms with E-state index in [-0.39, 0.29) is 0 Å². The minimum absolute atomic E-state index is 1.37. The number of rotatable bonds is 23. The van der Waals surface area contributed by atoms with E-state index in [0.717, 1.165) is 0 Å². The van der Waals surface area contributed by atoms with Crippen LogP contribution in [0.25, 0.3) is 0 Å². The maximum absolute atomic E-state index is 2.92. The van der Waals surface area contributed by atoms with Crippen molar-refractivity contribution in [2.45, 2.75) is 168 Å². The van der Waals surface area contributed by atoms with Crippen molar-refractivity contribution in [2.75, 3.05) is 0 Å². The van der Waals surface area contributed by atoms with Crippen molar-refractivity contribution in [1.29, 1.82) is 0 Å². The average molecular weight is 460 g/mol. The normalized spacial score (nSPS) is 12.3. The summed E-state index contributed by atoms with van der Waals surface area (Å²) in [7, 11) is 0. The van der Waals surface area contributed by atoms with Gasteiger partial charge in [-0.3, -0.25) is 0 Å². The molecule has 1 rings (SSSR count). The van der Waals surface area contributed by atoms with Crippen molar-refractivity contribution < 1.29 is 0 Å². The van der Waals surface area contributed by atoms with Gasteiger partial charge in [-0.05, 0) is 12.2 Å². The lowest BCUT2D eigenvalue weighted by Gasteiger charge is -2.04. The molecule has 1 aliphatic rings. The number of hydrogen-bond acceptors (Lipinski definition) is 1. The third-order valence-electron chi connectivity index (χ3n) is 6.68. The first kappa shape index (κ1) is 32.0. The molecule has 1 heteroatoms. The van der Waals surface area contributed by atoms with E-state index in [1.807, 2.05) is 36.7 Å². The lowest BCUT2D eigenvalue weighted by molar-refractivity contribution is 0.518. The largest absolute Gasteiger partial charge is 0.368 e. The number of nitrogens with one attached hydrogen (secondary N) is 1. The summed E-state index contributed by atoms with van der Waals surface area (Å²) in [5.74, 6) is 0. The van der Waals surface area contributed by atoms with Crippen LogP contribution >= 0.6 is 0 Å². The van der Waals surface area contributed by atoms with Crippen LogP contribution < -0.4 is 5.32 Å². The fraction of sp³-hybridized carbons (Fsp3) is 0.812. The molecule has 1 nitrogen and oxygen atoms in total. The van der Waals surface area contributed by atoms with Crippen LogP contribution in [-0.2, 0) is 0 Å². The molecule has 0 saturated heterocycles. The van der Waals surface area contributed by atoms with Gasteiger partial charge in [0.1, 0.15) is 0 Å². The standard InChI is InChI=1S/C26H54.C6H7N/c1-3-5-7-9-11-13-15-17-19-21-23-25-26-24-22-20-18-16-14-12-10-8-6-4-2;1-2-4-6-7-5-3-1/h3-26H2,1-2H3;1-7H. The van der Waals surface area contributed by atoms with E-state index in [0.29, 0.717) is 0 Å². The minimum Gasteiger partial charge on any atom is -0.368 e. The molecule has 0 aromatic rings. The Morgan fingerprint density at radius 1 is 0.303 bits per heavy atom. The summed E-state index contributed by atoms with van der Waals surface area (Å²) in [6, 6.07) is 0. The van der Waals surface area contributed by atoms with Gasteiger partial charge >= 0.3 is 0 Å². The van der Waals surface area contributed by atoms with E-state index in [2.05, 4.69) is 19.2 Å². The summed E-state index contributed by atoms with van der Waals surface area (Å²) in [4.78, 5) is 0. The molecule has 0 aromatic heterocycles. The second-order valence-corrected chi connectivity index (χ2v) is 10.0. The van der Waals surface area contributed by atoms with Crippen molar-refractivity contribution in [3.63, 3.8) is 0 Å². The zero-order valence-electron chi connectivity index (χ0n) is 22.9. The fourth-order valence-electron chi connectivity index (χ4n) is 4.44. The molecular weight excluding hydrogens is 398 g/mol. The molecular formula is C32H61N. The van der Waals surface area contributed by atoms with Gasteiger partial charge in [-0.2, -0.15) is 0 Å².